The number of methoxy groups -OCH3 is 2. The fourth-order valence-corrected chi connectivity index (χ4v) is 5.32. The molecule has 6 nitrogen and oxygen atoms in total. The maximum atomic E-state index is 6.52. The molecule has 41 heavy (non-hydrogen) atoms. The maximum absolute atomic E-state index is 6.52. The minimum atomic E-state index is -0.701. The van der Waals surface area contributed by atoms with Crippen molar-refractivity contribution in [3.8, 4) is 22.6 Å². The molecular weight excluding hydrogens is 508 g/mol. The molecule has 0 saturated carbocycles. The van der Waals surface area contributed by atoms with Gasteiger partial charge in [-0.3, -0.25) is 0 Å². The molecule has 0 aliphatic carbocycles. The van der Waals surface area contributed by atoms with Crippen LogP contribution in [0.3, 0.4) is 0 Å². The summed E-state index contributed by atoms with van der Waals surface area (Å²) in [5, 5.41) is 4.67. The first-order valence-electron chi connectivity index (χ1n) is 13.3. The number of nitrogens with one attached hydrogen (secondary N) is 1. The largest absolute Gasteiger partial charge is 0.497 e. The second-order valence-electron chi connectivity index (χ2n) is 9.76. The van der Waals surface area contributed by atoms with E-state index in [-0.39, 0.29) is 0 Å². The van der Waals surface area contributed by atoms with Gasteiger partial charge in [0.1, 0.15) is 28.7 Å². The van der Waals surface area contributed by atoms with Gasteiger partial charge in [-0.15, -0.1) is 0 Å². The summed E-state index contributed by atoms with van der Waals surface area (Å²) in [5.74, 6) is 2.44. The van der Waals surface area contributed by atoms with Gasteiger partial charge in [0.25, 0.3) is 0 Å². The summed E-state index contributed by atoms with van der Waals surface area (Å²) in [5.41, 5.74) is 11.5. The van der Waals surface area contributed by atoms with Gasteiger partial charge in [0.05, 0.1) is 19.7 Å². The van der Waals surface area contributed by atoms with Crippen molar-refractivity contribution in [2.24, 2.45) is 0 Å². The molecule has 0 aliphatic rings. The van der Waals surface area contributed by atoms with Crippen LogP contribution in [-0.2, 0) is 5.54 Å². The summed E-state index contributed by atoms with van der Waals surface area (Å²) in [6.07, 6.45) is 1.83. The van der Waals surface area contributed by atoms with E-state index in [1.807, 2.05) is 54.7 Å². The van der Waals surface area contributed by atoms with E-state index in [1.165, 1.54) is 0 Å². The number of hydrogen-bond acceptors (Lipinski definition) is 6. The molecule has 2 heterocycles. The van der Waals surface area contributed by atoms with E-state index in [4.69, 9.17) is 25.2 Å². The van der Waals surface area contributed by atoms with E-state index in [0.29, 0.717) is 23.1 Å². The van der Waals surface area contributed by atoms with E-state index in [0.717, 1.165) is 38.7 Å². The Balaban J connectivity index is 1.48. The molecule has 6 aromatic rings. The van der Waals surface area contributed by atoms with Gasteiger partial charge in [-0.25, -0.2) is 9.97 Å². The fourth-order valence-electron chi connectivity index (χ4n) is 5.32. The lowest BCUT2D eigenvalue weighted by Gasteiger charge is -2.37. The summed E-state index contributed by atoms with van der Waals surface area (Å²) in [7, 11) is 3.25. The number of ether oxygens (including phenoxy) is 2. The number of pyridine rings is 2. The van der Waals surface area contributed by atoms with Crippen LogP contribution in [0.1, 0.15) is 16.7 Å². The van der Waals surface area contributed by atoms with Crippen molar-refractivity contribution in [3.63, 3.8) is 0 Å². The monoisotopic (exact) mass is 538 g/mol. The third kappa shape index (κ3) is 4.92. The van der Waals surface area contributed by atoms with Gasteiger partial charge in [0, 0.05) is 29.3 Å². The van der Waals surface area contributed by atoms with Crippen LogP contribution in [0.2, 0.25) is 0 Å². The first kappa shape index (κ1) is 25.9. The molecule has 2 aromatic heterocycles. The molecule has 202 valence electrons. The van der Waals surface area contributed by atoms with Gasteiger partial charge in [0.15, 0.2) is 0 Å². The Labute approximate surface area is 239 Å². The molecular formula is C35H30N4O2. The van der Waals surface area contributed by atoms with E-state index >= 15 is 0 Å². The molecule has 6 heteroatoms. The second-order valence-corrected chi connectivity index (χ2v) is 9.76. The Morgan fingerprint density at radius 3 is 1.66 bits per heavy atom. The van der Waals surface area contributed by atoms with Crippen molar-refractivity contribution in [1.82, 2.24) is 9.97 Å². The Kier molecular flexibility index (Phi) is 6.96. The molecule has 0 fully saturated rings. The summed E-state index contributed by atoms with van der Waals surface area (Å²) in [6.45, 7) is 0. The van der Waals surface area contributed by atoms with Crippen LogP contribution in [0.5, 0.6) is 11.5 Å². The van der Waals surface area contributed by atoms with Crippen LogP contribution in [0, 0.1) is 0 Å². The molecule has 0 saturated heterocycles. The van der Waals surface area contributed by atoms with Crippen LogP contribution in [0.4, 0.5) is 11.6 Å². The number of nitrogens with two attached hydrogens (primary N) is 1. The zero-order valence-corrected chi connectivity index (χ0v) is 22.9. The van der Waals surface area contributed by atoms with Crippen molar-refractivity contribution in [3.05, 3.63) is 144 Å². The highest BCUT2D eigenvalue weighted by atomic mass is 16.5. The quantitative estimate of drug-likeness (QED) is 0.198. The average Bonchev–Trinajstić information content (AvgIpc) is 3.04. The lowest BCUT2D eigenvalue weighted by Crippen LogP contribution is -2.38. The molecule has 3 N–H and O–H groups in total. The van der Waals surface area contributed by atoms with Gasteiger partial charge < -0.3 is 20.5 Å². The first-order chi connectivity index (χ1) is 20.1. The molecule has 0 atom stereocenters. The van der Waals surface area contributed by atoms with Crippen LogP contribution >= 0.6 is 0 Å². The third-order valence-electron chi connectivity index (χ3n) is 7.33. The predicted molar refractivity (Wildman–Crippen MR) is 165 cm³/mol. The molecule has 0 amide bonds. The van der Waals surface area contributed by atoms with Crippen LogP contribution in [-0.4, -0.2) is 24.2 Å². The number of anilines is 2. The van der Waals surface area contributed by atoms with Crippen molar-refractivity contribution >= 4 is 22.5 Å². The summed E-state index contributed by atoms with van der Waals surface area (Å²) < 4.78 is 10.9. The number of hydrogen-bond donors (Lipinski definition) is 2. The van der Waals surface area contributed by atoms with Crippen molar-refractivity contribution in [2.45, 2.75) is 5.54 Å². The molecule has 0 aliphatic heterocycles. The fraction of sp³-hybridized carbons (Fsp3) is 0.0857. The molecule has 0 bridgehead atoms. The van der Waals surface area contributed by atoms with E-state index < -0.39 is 5.54 Å². The Morgan fingerprint density at radius 2 is 1.17 bits per heavy atom. The molecule has 6 rings (SSSR count). The summed E-state index contributed by atoms with van der Waals surface area (Å²) in [6, 6.07) is 40.9. The number of nitrogen functional groups attached to an aromatic ring is 1. The zero-order valence-electron chi connectivity index (χ0n) is 22.9. The molecule has 0 radical (unpaired) electrons. The van der Waals surface area contributed by atoms with Crippen LogP contribution in [0.25, 0.3) is 22.0 Å². The SMILES string of the molecule is COc1cc(OC)cc(-c2cc3cnc(NC(c4ccccc4)(c4ccccc4)c4ccccc4)cc3nc2N)c1. The summed E-state index contributed by atoms with van der Waals surface area (Å²) in [4.78, 5) is 9.65. The maximum Gasteiger partial charge on any atom is 0.132 e. The second kappa shape index (κ2) is 11.0. The normalized spacial score (nSPS) is 11.3. The Morgan fingerprint density at radius 1 is 0.659 bits per heavy atom. The van der Waals surface area contributed by atoms with Gasteiger partial charge in [-0.1, -0.05) is 91.0 Å². The number of fused-ring (bicyclic) bond motifs is 1. The average molecular weight is 539 g/mol. The van der Waals surface area contributed by atoms with Gasteiger partial charge >= 0.3 is 0 Å². The number of rotatable bonds is 8. The first-order valence-corrected chi connectivity index (χ1v) is 13.3. The third-order valence-corrected chi connectivity index (χ3v) is 7.33. The van der Waals surface area contributed by atoms with E-state index in [2.05, 4.69) is 78.1 Å². The van der Waals surface area contributed by atoms with Crippen LogP contribution in [0.15, 0.2) is 128 Å². The Bertz CT molecular complexity index is 1670. The van der Waals surface area contributed by atoms with E-state index in [1.54, 1.807) is 14.2 Å². The zero-order chi connectivity index (χ0) is 28.2. The highest BCUT2D eigenvalue weighted by Gasteiger charge is 2.36. The highest BCUT2D eigenvalue weighted by Crippen LogP contribution is 2.40. The minimum Gasteiger partial charge on any atom is -0.497 e. The number of benzene rings is 4. The van der Waals surface area contributed by atoms with Crippen LogP contribution < -0.4 is 20.5 Å². The lowest BCUT2D eigenvalue weighted by molar-refractivity contribution is 0.394. The van der Waals surface area contributed by atoms with Crippen molar-refractivity contribution in [1.29, 1.82) is 0 Å². The van der Waals surface area contributed by atoms with Crippen molar-refractivity contribution in [2.75, 3.05) is 25.3 Å². The standard InChI is InChI=1S/C35H30N4O2/c1-40-29-18-24(19-30(21-29)41-2)31-20-25-23-37-33(22-32(25)38-34(31)36)39-35(26-12-6-3-7-13-26,27-14-8-4-9-15-27)28-16-10-5-11-17-28/h3-23H,1-2H3,(H2,36,38)(H,37,39). The topological polar surface area (TPSA) is 82.3 Å². The van der Waals surface area contributed by atoms with E-state index in [9.17, 15) is 0 Å². The van der Waals surface area contributed by atoms with Gasteiger partial charge in [0.2, 0.25) is 0 Å². The molecule has 4 aromatic carbocycles. The molecule has 0 unspecified atom stereocenters. The smallest absolute Gasteiger partial charge is 0.132 e. The highest BCUT2D eigenvalue weighted by molar-refractivity contribution is 5.90. The Hall–Kier alpha value is -5.36. The summed E-state index contributed by atoms with van der Waals surface area (Å²) >= 11 is 0. The minimum absolute atomic E-state index is 0.408. The van der Waals surface area contributed by atoms with Crippen molar-refractivity contribution < 1.29 is 9.47 Å². The van der Waals surface area contributed by atoms with Gasteiger partial charge in [-0.05, 0) is 40.5 Å². The predicted octanol–water partition coefficient (Wildman–Crippen LogP) is 7.30. The number of aromatic nitrogens is 2. The number of nitrogens with zero attached hydrogens (tertiary/aromatic N) is 2. The lowest BCUT2D eigenvalue weighted by atomic mass is 9.77. The van der Waals surface area contributed by atoms with Gasteiger partial charge in [-0.2, -0.15) is 0 Å². The molecule has 0 spiro atoms.